The largest absolute Gasteiger partial charge is 0.477 e. The quantitative estimate of drug-likeness (QED) is 0.866. The van der Waals surface area contributed by atoms with E-state index in [1.54, 1.807) is 11.3 Å². The minimum Gasteiger partial charge on any atom is -0.477 e. The van der Waals surface area contributed by atoms with Crippen LogP contribution in [-0.2, 0) is 0 Å². The summed E-state index contributed by atoms with van der Waals surface area (Å²) in [5.41, 5.74) is 0. The van der Waals surface area contributed by atoms with Crippen molar-refractivity contribution in [3.05, 3.63) is 10.9 Å². The molecule has 0 unspecified atom stereocenters. The molecule has 1 N–H and O–H groups in total. The van der Waals surface area contributed by atoms with Gasteiger partial charge in [-0.05, 0) is 25.8 Å². The summed E-state index contributed by atoms with van der Waals surface area (Å²) in [6.07, 6.45) is 2.03. The number of thiophene rings is 1. The van der Waals surface area contributed by atoms with Crippen molar-refractivity contribution in [1.82, 2.24) is 9.97 Å². The SMILES string of the molecule is CCCNc1nc(OCCC)c2cc(C)sc2n1. The van der Waals surface area contributed by atoms with Crippen LogP contribution >= 0.6 is 11.3 Å². The molecule has 0 amide bonds. The van der Waals surface area contributed by atoms with Gasteiger partial charge in [0.1, 0.15) is 4.83 Å². The molecule has 2 aromatic rings. The van der Waals surface area contributed by atoms with Crippen LogP contribution in [0.15, 0.2) is 6.07 Å². The van der Waals surface area contributed by atoms with E-state index >= 15 is 0 Å². The van der Waals surface area contributed by atoms with Gasteiger partial charge in [-0.2, -0.15) is 4.98 Å². The second kappa shape index (κ2) is 6.00. The molecule has 0 atom stereocenters. The molecule has 0 fully saturated rings. The van der Waals surface area contributed by atoms with Crippen molar-refractivity contribution in [2.75, 3.05) is 18.5 Å². The summed E-state index contributed by atoms with van der Waals surface area (Å²) in [6, 6.07) is 2.09. The fraction of sp³-hybridized carbons (Fsp3) is 0.538. The minimum absolute atomic E-state index is 0.664. The number of nitrogens with zero attached hydrogens (tertiary/aromatic N) is 2. The summed E-state index contributed by atoms with van der Waals surface area (Å²) in [6.45, 7) is 7.86. The van der Waals surface area contributed by atoms with Crippen LogP contribution in [0.25, 0.3) is 10.2 Å². The molecule has 2 rings (SSSR count). The van der Waals surface area contributed by atoms with Crippen LogP contribution in [-0.4, -0.2) is 23.1 Å². The Morgan fingerprint density at radius 2 is 2.11 bits per heavy atom. The normalized spacial score (nSPS) is 10.8. The second-order valence-corrected chi connectivity index (χ2v) is 5.44. The molecule has 2 heterocycles. The Kier molecular flexibility index (Phi) is 4.36. The summed E-state index contributed by atoms with van der Waals surface area (Å²) >= 11 is 1.68. The van der Waals surface area contributed by atoms with E-state index in [1.807, 2.05) is 0 Å². The standard InChI is InChI=1S/C13H19N3OS/c1-4-6-14-13-15-11(17-7-5-2)10-8-9(3)18-12(10)16-13/h8H,4-7H2,1-3H3,(H,14,15,16). The maximum absolute atomic E-state index is 5.72. The molecule has 98 valence electrons. The zero-order valence-electron chi connectivity index (χ0n) is 11.1. The first kappa shape index (κ1) is 13.1. The lowest BCUT2D eigenvalue weighted by atomic mass is 10.3. The minimum atomic E-state index is 0.664. The lowest BCUT2D eigenvalue weighted by Crippen LogP contribution is -2.06. The fourth-order valence-corrected chi connectivity index (χ4v) is 2.51. The molecule has 0 bridgehead atoms. The molecule has 0 radical (unpaired) electrons. The predicted octanol–water partition coefficient (Wildman–Crippen LogP) is 3.61. The summed E-state index contributed by atoms with van der Waals surface area (Å²) < 4.78 is 5.72. The number of aromatic nitrogens is 2. The lowest BCUT2D eigenvalue weighted by Gasteiger charge is -2.08. The number of aryl methyl sites for hydroxylation is 1. The van der Waals surface area contributed by atoms with Gasteiger partial charge in [-0.25, -0.2) is 4.98 Å². The molecule has 0 saturated carbocycles. The molecule has 0 aliphatic rings. The number of hydrogen-bond acceptors (Lipinski definition) is 5. The molecule has 0 aliphatic carbocycles. The number of fused-ring (bicyclic) bond motifs is 1. The van der Waals surface area contributed by atoms with E-state index in [4.69, 9.17) is 4.74 Å². The Hall–Kier alpha value is -1.36. The first-order chi connectivity index (χ1) is 8.74. The topological polar surface area (TPSA) is 47.0 Å². The third-order valence-corrected chi connectivity index (χ3v) is 3.40. The van der Waals surface area contributed by atoms with E-state index in [-0.39, 0.29) is 0 Å². The van der Waals surface area contributed by atoms with Crippen molar-refractivity contribution in [1.29, 1.82) is 0 Å². The molecule has 0 aromatic carbocycles. The molecule has 0 spiro atoms. The number of rotatable bonds is 6. The van der Waals surface area contributed by atoms with Crippen LogP contribution in [0, 0.1) is 6.92 Å². The molecule has 2 aromatic heterocycles. The van der Waals surface area contributed by atoms with E-state index in [0.717, 1.165) is 29.6 Å². The molecule has 0 saturated heterocycles. The van der Waals surface area contributed by atoms with Crippen LogP contribution in [0.2, 0.25) is 0 Å². The second-order valence-electron chi connectivity index (χ2n) is 4.20. The first-order valence-electron chi connectivity index (χ1n) is 6.39. The van der Waals surface area contributed by atoms with Crippen LogP contribution in [0.4, 0.5) is 5.95 Å². The van der Waals surface area contributed by atoms with Gasteiger partial charge in [0, 0.05) is 11.4 Å². The van der Waals surface area contributed by atoms with Gasteiger partial charge in [-0.3, -0.25) is 0 Å². The van der Waals surface area contributed by atoms with Gasteiger partial charge < -0.3 is 10.1 Å². The van der Waals surface area contributed by atoms with E-state index in [0.29, 0.717) is 18.4 Å². The average Bonchev–Trinajstić information content (AvgIpc) is 2.73. The number of hydrogen-bond donors (Lipinski definition) is 1. The zero-order valence-corrected chi connectivity index (χ0v) is 11.9. The fourth-order valence-electron chi connectivity index (χ4n) is 1.64. The van der Waals surface area contributed by atoms with Crippen molar-refractivity contribution in [3.63, 3.8) is 0 Å². The third-order valence-electron chi connectivity index (χ3n) is 2.46. The maximum Gasteiger partial charge on any atom is 0.227 e. The highest BCUT2D eigenvalue weighted by molar-refractivity contribution is 7.18. The molecule has 4 nitrogen and oxygen atoms in total. The summed E-state index contributed by atoms with van der Waals surface area (Å²) in [4.78, 5) is 11.2. The van der Waals surface area contributed by atoms with Gasteiger partial charge in [0.05, 0.1) is 12.0 Å². The average molecular weight is 265 g/mol. The van der Waals surface area contributed by atoms with E-state index < -0.39 is 0 Å². The molecule has 0 aliphatic heterocycles. The Balaban J connectivity index is 2.36. The highest BCUT2D eigenvalue weighted by Gasteiger charge is 2.11. The third kappa shape index (κ3) is 2.90. The summed E-state index contributed by atoms with van der Waals surface area (Å²) in [5.74, 6) is 1.36. The number of nitrogens with one attached hydrogen (secondary N) is 1. The van der Waals surface area contributed by atoms with Crippen molar-refractivity contribution in [2.24, 2.45) is 0 Å². The molecular formula is C13H19N3OS. The van der Waals surface area contributed by atoms with Crippen molar-refractivity contribution >= 4 is 27.5 Å². The van der Waals surface area contributed by atoms with Gasteiger partial charge in [0.15, 0.2) is 0 Å². The maximum atomic E-state index is 5.72. The van der Waals surface area contributed by atoms with Crippen LogP contribution in [0.1, 0.15) is 31.6 Å². The number of ether oxygens (including phenoxy) is 1. The Labute approximate surface area is 111 Å². The van der Waals surface area contributed by atoms with Gasteiger partial charge in [0.25, 0.3) is 0 Å². The van der Waals surface area contributed by atoms with E-state index in [1.165, 1.54) is 4.88 Å². The van der Waals surface area contributed by atoms with Crippen LogP contribution < -0.4 is 10.1 Å². The van der Waals surface area contributed by atoms with Gasteiger partial charge >= 0.3 is 0 Å². The smallest absolute Gasteiger partial charge is 0.227 e. The molecule has 5 heteroatoms. The van der Waals surface area contributed by atoms with Crippen molar-refractivity contribution in [3.8, 4) is 5.88 Å². The van der Waals surface area contributed by atoms with Gasteiger partial charge in [0.2, 0.25) is 11.8 Å². The predicted molar refractivity (Wildman–Crippen MR) is 76.7 cm³/mol. The molecular weight excluding hydrogens is 246 g/mol. The first-order valence-corrected chi connectivity index (χ1v) is 7.21. The van der Waals surface area contributed by atoms with Gasteiger partial charge in [-0.15, -0.1) is 11.3 Å². The lowest BCUT2D eigenvalue weighted by molar-refractivity contribution is 0.309. The highest BCUT2D eigenvalue weighted by Crippen LogP contribution is 2.31. The summed E-state index contributed by atoms with van der Waals surface area (Å²) in [7, 11) is 0. The number of anilines is 1. The monoisotopic (exact) mass is 265 g/mol. The summed E-state index contributed by atoms with van der Waals surface area (Å²) in [5, 5.41) is 4.24. The Morgan fingerprint density at radius 1 is 1.28 bits per heavy atom. The highest BCUT2D eigenvalue weighted by atomic mass is 32.1. The van der Waals surface area contributed by atoms with Crippen molar-refractivity contribution < 1.29 is 4.74 Å². The zero-order chi connectivity index (χ0) is 13.0. The van der Waals surface area contributed by atoms with Crippen LogP contribution in [0.5, 0.6) is 5.88 Å². The Morgan fingerprint density at radius 3 is 2.83 bits per heavy atom. The van der Waals surface area contributed by atoms with Gasteiger partial charge in [-0.1, -0.05) is 13.8 Å². The van der Waals surface area contributed by atoms with Crippen LogP contribution in [0.3, 0.4) is 0 Å². The molecule has 18 heavy (non-hydrogen) atoms. The van der Waals surface area contributed by atoms with E-state index in [2.05, 4.69) is 42.1 Å². The Bertz CT molecular complexity index is 524. The van der Waals surface area contributed by atoms with E-state index in [9.17, 15) is 0 Å². The van der Waals surface area contributed by atoms with Crippen molar-refractivity contribution in [2.45, 2.75) is 33.6 Å².